The van der Waals surface area contributed by atoms with Crippen LogP contribution in [0.5, 0.6) is 5.75 Å². The Bertz CT molecular complexity index is 921. The molecule has 3 aromatic carbocycles. The number of halogens is 3. The number of hydrogen-bond acceptors (Lipinski definition) is 3. The lowest BCUT2D eigenvalue weighted by atomic mass is 9.96. The summed E-state index contributed by atoms with van der Waals surface area (Å²) < 4.78 is 43.7. The maximum absolute atomic E-state index is 13.0. The first kappa shape index (κ1) is 19.5. The molecule has 0 aliphatic rings. The lowest BCUT2D eigenvalue weighted by molar-refractivity contribution is -0.137. The van der Waals surface area contributed by atoms with Crippen molar-refractivity contribution in [3.8, 4) is 5.75 Å². The normalized spacial score (nSPS) is 12.3. The molecule has 0 radical (unpaired) electrons. The molecule has 0 aromatic heterocycles. The number of benzene rings is 3. The van der Waals surface area contributed by atoms with Crippen molar-refractivity contribution in [3.63, 3.8) is 0 Å². The minimum absolute atomic E-state index is 0.240. The Morgan fingerprint density at radius 2 is 1.50 bits per heavy atom. The number of carbonyl (C=O) groups is 1. The Hall–Kier alpha value is -3.28. The van der Waals surface area contributed by atoms with Crippen LogP contribution in [0.25, 0.3) is 0 Å². The fourth-order valence-electron chi connectivity index (χ4n) is 2.79. The van der Waals surface area contributed by atoms with Crippen LogP contribution in [0.15, 0.2) is 78.9 Å². The lowest BCUT2D eigenvalue weighted by Crippen LogP contribution is -2.21. The van der Waals surface area contributed by atoms with E-state index < -0.39 is 17.8 Å². The number of rotatable bonds is 6. The minimum Gasteiger partial charge on any atom is -0.497 e. The van der Waals surface area contributed by atoms with Gasteiger partial charge in [-0.15, -0.1) is 0 Å². The van der Waals surface area contributed by atoms with E-state index in [0.717, 1.165) is 12.1 Å². The monoisotopic (exact) mass is 385 g/mol. The molecule has 0 saturated heterocycles. The van der Waals surface area contributed by atoms with E-state index >= 15 is 0 Å². The highest BCUT2D eigenvalue weighted by molar-refractivity contribution is 6.02. The highest BCUT2D eigenvalue weighted by atomic mass is 19.4. The van der Waals surface area contributed by atoms with Crippen molar-refractivity contribution in [3.05, 3.63) is 95.6 Å². The third-order valence-corrected chi connectivity index (χ3v) is 4.29. The van der Waals surface area contributed by atoms with Crippen molar-refractivity contribution in [1.82, 2.24) is 0 Å². The maximum atomic E-state index is 13.0. The fraction of sp³-hybridized carbons (Fsp3) is 0.136. The number of ketones is 1. The van der Waals surface area contributed by atoms with Crippen molar-refractivity contribution in [2.75, 3.05) is 12.4 Å². The lowest BCUT2D eigenvalue weighted by Gasteiger charge is -2.20. The molecule has 0 spiro atoms. The first-order chi connectivity index (χ1) is 13.4. The number of ether oxygens (including phenoxy) is 1. The number of anilines is 1. The van der Waals surface area contributed by atoms with Crippen molar-refractivity contribution in [2.45, 2.75) is 12.2 Å². The second-order valence-corrected chi connectivity index (χ2v) is 6.16. The summed E-state index contributed by atoms with van der Waals surface area (Å²) >= 11 is 0. The zero-order valence-electron chi connectivity index (χ0n) is 15.0. The Morgan fingerprint density at radius 3 is 2.04 bits per heavy atom. The topological polar surface area (TPSA) is 38.3 Å². The fourth-order valence-corrected chi connectivity index (χ4v) is 2.79. The van der Waals surface area contributed by atoms with Crippen LogP contribution in [0.1, 0.15) is 27.5 Å². The van der Waals surface area contributed by atoms with Crippen LogP contribution in [-0.4, -0.2) is 12.9 Å². The largest absolute Gasteiger partial charge is 0.497 e. The molecule has 0 aliphatic heterocycles. The second-order valence-electron chi connectivity index (χ2n) is 6.16. The quantitative estimate of drug-likeness (QED) is 0.549. The van der Waals surface area contributed by atoms with Gasteiger partial charge in [-0.2, -0.15) is 13.2 Å². The second kappa shape index (κ2) is 8.17. The molecular weight excluding hydrogens is 367 g/mol. The number of alkyl halides is 3. The summed E-state index contributed by atoms with van der Waals surface area (Å²) in [6.07, 6.45) is -4.43. The molecule has 3 aromatic rings. The molecule has 1 atom stereocenters. The van der Waals surface area contributed by atoms with E-state index in [2.05, 4.69) is 5.32 Å². The summed E-state index contributed by atoms with van der Waals surface area (Å²) in [4.78, 5) is 13.0. The van der Waals surface area contributed by atoms with Gasteiger partial charge in [0.1, 0.15) is 11.8 Å². The molecule has 3 nitrogen and oxygen atoms in total. The van der Waals surface area contributed by atoms with Gasteiger partial charge in [0.05, 0.1) is 12.7 Å². The van der Waals surface area contributed by atoms with E-state index in [4.69, 9.17) is 4.74 Å². The predicted octanol–water partition coefficient (Wildman–Crippen LogP) is 5.75. The third-order valence-electron chi connectivity index (χ3n) is 4.29. The van der Waals surface area contributed by atoms with Crippen LogP contribution in [0.2, 0.25) is 0 Å². The summed E-state index contributed by atoms with van der Waals surface area (Å²) in [7, 11) is 1.55. The SMILES string of the molecule is COc1ccc(N[C@H](C(=O)c2ccccc2)c2ccc(C(F)(F)F)cc2)cc1. The molecule has 6 heteroatoms. The van der Waals surface area contributed by atoms with Crippen LogP contribution in [0, 0.1) is 0 Å². The van der Waals surface area contributed by atoms with E-state index in [1.165, 1.54) is 12.1 Å². The van der Waals surface area contributed by atoms with Crippen molar-refractivity contribution in [2.24, 2.45) is 0 Å². The Balaban J connectivity index is 1.94. The highest BCUT2D eigenvalue weighted by Crippen LogP contribution is 2.31. The van der Waals surface area contributed by atoms with Gasteiger partial charge in [0.15, 0.2) is 5.78 Å². The van der Waals surface area contributed by atoms with Gasteiger partial charge in [-0.3, -0.25) is 4.79 Å². The third kappa shape index (κ3) is 4.52. The van der Waals surface area contributed by atoms with Crippen molar-refractivity contribution < 1.29 is 22.7 Å². The van der Waals surface area contributed by atoms with Gasteiger partial charge in [0, 0.05) is 11.3 Å². The molecule has 0 bridgehead atoms. The number of Topliss-reactive ketones (excluding diaryl/α,β-unsaturated/α-hetero) is 1. The van der Waals surface area contributed by atoms with Gasteiger partial charge in [0.25, 0.3) is 0 Å². The summed E-state index contributed by atoms with van der Waals surface area (Å²) in [6, 6.07) is 19.4. The van der Waals surface area contributed by atoms with Crippen LogP contribution >= 0.6 is 0 Å². The summed E-state index contributed by atoms with van der Waals surface area (Å²) in [6.45, 7) is 0. The summed E-state index contributed by atoms with van der Waals surface area (Å²) in [5.41, 5.74) is 0.799. The highest BCUT2D eigenvalue weighted by Gasteiger charge is 2.31. The molecule has 3 rings (SSSR count). The average molecular weight is 385 g/mol. The number of methoxy groups -OCH3 is 1. The molecule has 28 heavy (non-hydrogen) atoms. The molecule has 1 N–H and O–H groups in total. The van der Waals surface area contributed by atoms with Crippen LogP contribution in [-0.2, 0) is 6.18 Å². The van der Waals surface area contributed by atoms with Gasteiger partial charge in [-0.25, -0.2) is 0 Å². The molecule has 0 unspecified atom stereocenters. The van der Waals surface area contributed by atoms with E-state index in [9.17, 15) is 18.0 Å². The van der Waals surface area contributed by atoms with Crippen molar-refractivity contribution >= 4 is 11.5 Å². The van der Waals surface area contributed by atoms with E-state index in [1.54, 1.807) is 61.7 Å². The van der Waals surface area contributed by atoms with Gasteiger partial charge in [0.2, 0.25) is 0 Å². The van der Waals surface area contributed by atoms with Crippen LogP contribution < -0.4 is 10.1 Å². The molecule has 0 heterocycles. The van der Waals surface area contributed by atoms with E-state index in [-0.39, 0.29) is 5.78 Å². The standard InChI is InChI=1S/C22H18F3NO2/c1-28-19-13-11-18(12-14-19)26-20(21(27)16-5-3-2-4-6-16)15-7-9-17(10-8-15)22(23,24)25/h2-14,20,26H,1H3/t20-/m0/s1. The summed E-state index contributed by atoms with van der Waals surface area (Å²) in [5.74, 6) is 0.419. The average Bonchev–Trinajstić information content (AvgIpc) is 2.72. The first-order valence-corrected chi connectivity index (χ1v) is 8.55. The van der Waals surface area contributed by atoms with Crippen molar-refractivity contribution in [1.29, 1.82) is 0 Å². The first-order valence-electron chi connectivity index (χ1n) is 8.55. The number of nitrogens with one attached hydrogen (secondary N) is 1. The van der Waals surface area contributed by atoms with Crippen LogP contribution in [0.3, 0.4) is 0 Å². The van der Waals surface area contributed by atoms with Gasteiger partial charge < -0.3 is 10.1 Å². The van der Waals surface area contributed by atoms with Gasteiger partial charge in [-0.05, 0) is 42.0 Å². The molecule has 0 aliphatic carbocycles. The number of hydrogen-bond donors (Lipinski definition) is 1. The molecular formula is C22H18F3NO2. The zero-order valence-corrected chi connectivity index (χ0v) is 15.0. The molecule has 0 amide bonds. The summed E-state index contributed by atoms with van der Waals surface area (Å²) in [5, 5.41) is 3.12. The predicted molar refractivity (Wildman–Crippen MR) is 102 cm³/mol. The number of carbonyl (C=O) groups excluding carboxylic acids is 1. The molecule has 0 fully saturated rings. The Kier molecular flexibility index (Phi) is 5.68. The molecule has 144 valence electrons. The van der Waals surface area contributed by atoms with Crippen LogP contribution in [0.4, 0.5) is 18.9 Å². The van der Waals surface area contributed by atoms with Gasteiger partial charge in [-0.1, -0.05) is 42.5 Å². The smallest absolute Gasteiger partial charge is 0.416 e. The van der Waals surface area contributed by atoms with E-state index in [1.807, 2.05) is 0 Å². The Morgan fingerprint density at radius 1 is 0.893 bits per heavy atom. The minimum atomic E-state index is -4.43. The Labute approximate surface area is 160 Å². The zero-order chi connectivity index (χ0) is 20.1. The van der Waals surface area contributed by atoms with Gasteiger partial charge >= 0.3 is 6.18 Å². The van der Waals surface area contributed by atoms with E-state index in [0.29, 0.717) is 22.6 Å². The molecule has 0 saturated carbocycles. The maximum Gasteiger partial charge on any atom is 0.416 e.